The highest BCUT2D eigenvalue weighted by Gasteiger charge is 2.12. The van der Waals surface area contributed by atoms with Crippen LogP contribution >= 0.6 is 0 Å². The minimum Gasteiger partial charge on any atom is -0.497 e. The third kappa shape index (κ3) is 3.31. The minimum absolute atomic E-state index is 0.182. The maximum atomic E-state index is 13.2. The molecule has 0 unspecified atom stereocenters. The standard InChI is InChI=1S/C22H17FN2O2/c1-27-18-12-10-17(11-13-18)25-22(26)20-5-3-2-4-19(20)21(24-25)14-15-6-8-16(23)9-7-15/h2-13H,14H2,1H3. The Morgan fingerprint density at radius 1 is 0.926 bits per heavy atom. The summed E-state index contributed by atoms with van der Waals surface area (Å²) in [5.74, 6) is 0.430. The Kier molecular flexibility index (Phi) is 4.42. The predicted molar refractivity (Wildman–Crippen MR) is 103 cm³/mol. The Morgan fingerprint density at radius 3 is 2.26 bits per heavy atom. The van der Waals surface area contributed by atoms with E-state index in [4.69, 9.17) is 4.74 Å². The molecule has 1 aromatic heterocycles. The molecule has 3 aromatic carbocycles. The van der Waals surface area contributed by atoms with Crippen LogP contribution in [0.4, 0.5) is 4.39 Å². The fourth-order valence-electron chi connectivity index (χ4n) is 3.08. The molecule has 0 saturated heterocycles. The Balaban J connectivity index is 1.88. The molecule has 0 aliphatic rings. The lowest BCUT2D eigenvalue weighted by molar-refractivity contribution is 0.414. The van der Waals surface area contributed by atoms with E-state index in [2.05, 4.69) is 5.10 Å². The van der Waals surface area contributed by atoms with Crippen molar-refractivity contribution in [1.29, 1.82) is 0 Å². The summed E-state index contributed by atoms with van der Waals surface area (Å²) in [4.78, 5) is 13.0. The molecule has 0 aliphatic heterocycles. The molecule has 4 nitrogen and oxygen atoms in total. The van der Waals surface area contributed by atoms with Crippen LogP contribution < -0.4 is 10.3 Å². The summed E-state index contributed by atoms with van der Waals surface area (Å²) in [6.07, 6.45) is 0.497. The van der Waals surface area contributed by atoms with E-state index < -0.39 is 0 Å². The Hall–Kier alpha value is -3.47. The van der Waals surface area contributed by atoms with Crippen LogP contribution in [0.5, 0.6) is 5.75 Å². The second-order valence-corrected chi connectivity index (χ2v) is 6.21. The number of hydrogen-bond acceptors (Lipinski definition) is 3. The van der Waals surface area contributed by atoms with Gasteiger partial charge in [0.25, 0.3) is 5.56 Å². The smallest absolute Gasteiger partial charge is 0.279 e. The van der Waals surface area contributed by atoms with Crippen LogP contribution in [0.15, 0.2) is 77.6 Å². The Bertz CT molecular complexity index is 1150. The van der Waals surface area contributed by atoms with Gasteiger partial charge in [-0.25, -0.2) is 4.39 Å². The van der Waals surface area contributed by atoms with Crippen LogP contribution in [0.3, 0.4) is 0 Å². The van der Waals surface area contributed by atoms with Crippen molar-refractivity contribution in [2.45, 2.75) is 6.42 Å². The average Bonchev–Trinajstić information content (AvgIpc) is 2.72. The summed E-state index contributed by atoms with van der Waals surface area (Å²) >= 11 is 0. The summed E-state index contributed by atoms with van der Waals surface area (Å²) in [6, 6.07) is 20.9. The Labute approximate surface area is 155 Å². The van der Waals surface area contributed by atoms with Crippen molar-refractivity contribution in [1.82, 2.24) is 9.78 Å². The van der Waals surface area contributed by atoms with Gasteiger partial charge in [-0.15, -0.1) is 0 Å². The van der Waals surface area contributed by atoms with E-state index in [-0.39, 0.29) is 11.4 Å². The molecule has 0 bridgehead atoms. The average molecular weight is 360 g/mol. The first kappa shape index (κ1) is 17.0. The van der Waals surface area contributed by atoms with E-state index in [0.29, 0.717) is 23.2 Å². The highest BCUT2D eigenvalue weighted by atomic mass is 19.1. The van der Waals surface area contributed by atoms with E-state index >= 15 is 0 Å². The second-order valence-electron chi connectivity index (χ2n) is 6.21. The number of methoxy groups -OCH3 is 1. The summed E-state index contributed by atoms with van der Waals surface area (Å²) < 4.78 is 19.8. The first-order valence-corrected chi connectivity index (χ1v) is 8.55. The van der Waals surface area contributed by atoms with Gasteiger partial charge in [-0.1, -0.05) is 30.3 Å². The minimum atomic E-state index is -0.278. The largest absolute Gasteiger partial charge is 0.497 e. The summed E-state index contributed by atoms with van der Waals surface area (Å²) in [7, 11) is 1.59. The maximum absolute atomic E-state index is 13.2. The van der Waals surface area contributed by atoms with Gasteiger partial charge in [0.05, 0.1) is 23.9 Å². The normalized spacial score (nSPS) is 10.9. The van der Waals surface area contributed by atoms with Gasteiger partial charge in [0.2, 0.25) is 0 Å². The fourth-order valence-corrected chi connectivity index (χ4v) is 3.08. The second kappa shape index (κ2) is 7.03. The highest BCUT2D eigenvalue weighted by Crippen LogP contribution is 2.19. The molecule has 0 saturated carbocycles. The zero-order chi connectivity index (χ0) is 18.8. The van der Waals surface area contributed by atoms with Crippen LogP contribution in [0, 0.1) is 5.82 Å². The molecule has 27 heavy (non-hydrogen) atoms. The van der Waals surface area contributed by atoms with Crippen molar-refractivity contribution in [3.8, 4) is 11.4 Å². The van der Waals surface area contributed by atoms with Crippen molar-refractivity contribution >= 4 is 10.8 Å². The lowest BCUT2D eigenvalue weighted by atomic mass is 10.0. The highest BCUT2D eigenvalue weighted by molar-refractivity contribution is 5.84. The molecule has 4 rings (SSSR count). The number of nitrogens with zero attached hydrogens (tertiary/aromatic N) is 2. The lowest BCUT2D eigenvalue weighted by Gasteiger charge is -2.12. The molecule has 0 fully saturated rings. The zero-order valence-electron chi connectivity index (χ0n) is 14.7. The van der Waals surface area contributed by atoms with E-state index in [1.807, 2.05) is 18.2 Å². The van der Waals surface area contributed by atoms with E-state index in [1.54, 1.807) is 49.6 Å². The van der Waals surface area contributed by atoms with Gasteiger partial charge >= 0.3 is 0 Å². The van der Waals surface area contributed by atoms with E-state index in [1.165, 1.54) is 16.8 Å². The molecule has 0 N–H and O–H groups in total. The third-order valence-corrected chi connectivity index (χ3v) is 4.48. The van der Waals surface area contributed by atoms with Gasteiger partial charge in [0.15, 0.2) is 0 Å². The number of aromatic nitrogens is 2. The molecule has 1 heterocycles. The van der Waals surface area contributed by atoms with Gasteiger partial charge in [-0.05, 0) is 48.0 Å². The number of hydrogen-bond donors (Lipinski definition) is 0. The molecule has 0 aliphatic carbocycles. The summed E-state index contributed by atoms with van der Waals surface area (Å²) in [6.45, 7) is 0. The molecule has 0 amide bonds. The molecule has 4 aromatic rings. The molecule has 0 atom stereocenters. The first-order valence-electron chi connectivity index (χ1n) is 8.55. The maximum Gasteiger partial charge on any atom is 0.279 e. The molecule has 0 radical (unpaired) electrons. The number of rotatable bonds is 4. The molecule has 5 heteroatoms. The molecule has 0 spiro atoms. The number of benzene rings is 3. The van der Waals surface area contributed by atoms with Crippen molar-refractivity contribution in [2.24, 2.45) is 0 Å². The van der Waals surface area contributed by atoms with Gasteiger partial charge in [0, 0.05) is 11.8 Å². The predicted octanol–water partition coefficient (Wildman–Crippen LogP) is 4.12. The zero-order valence-corrected chi connectivity index (χ0v) is 14.7. The SMILES string of the molecule is COc1ccc(-n2nc(Cc3ccc(F)cc3)c3ccccc3c2=O)cc1. The van der Waals surface area contributed by atoms with Gasteiger partial charge < -0.3 is 4.74 Å². The van der Waals surface area contributed by atoms with Crippen molar-refractivity contribution in [3.05, 3.63) is 100 Å². The molecular weight excluding hydrogens is 343 g/mol. The van der Waals surface area contributed by atoms with Crippen LogP contribution in [0.25, 0.3) is 16.5 Å². The van der Waals surface area contributed by atoms with Crippen molar-refractivity contribution in [3.63, 3.8) is 0 Å². The summed E-state index contributed by atoms with van der Waals surface area (Å²) in [5, 5.41) is 6.01. The lowest BCUT2D eigenvalue weighted by Crippen LogP contribution is -2.23. The van der Waals surface area contributed by atoms with Gasteiger partial charge in [-0.2, -0.15) is 9.78 Å². The quantitative estimate of drug-likeness (QED) is 0.550. The number of halogens is 1. The van der Waals surface area contributed by atoms with Gasteiger partial charge in [-0.3, -0.25) is 4.79 Å². The molecular formula is C22H17FN2O2. The number of fused-ring (bicyclic) bond motifs is 1. The monoisotopic (exact) mass is 360 g/mol. The van der Waals surface area contributed by atoms with Gasteiger partial charge in [0.1, 0.15) is 11.6 Å². The van der Waals surface area contributed by atoms with Crippen molar-refractivity contribution < 1.29 is 9.13 Å². The summed E-state index contributed by atoms with van der Waals surface area (Å²) in [5.41, 5.74) is 2.16. The van der Waals surface area contributed by atoms with Crippen LogP contribution in [-0.2, 0) is 6.42 Å². The van der Waals surface area contributed by atoms with Crippen LogP contribution in [-0.4, -0.2) is 16.9 Å². The third-order valence-electron chi connectivity index (χ3n) is 4.48. The van der Waals surface area contributed by atoms with Crippen molar-refractivity contribution in [2.75, 3.05) is 7.11 Å². The fraction of sp³-hybridized carbons (Fsp3) is 0.0909. The topological polar surface area (TPSA) is 44.1 Å². The molecule has 134 valence electrons. The van der Waals surface area contributed by atoms with Crippen LogP contribution in [0.1, 0.15) is 11.3 Å². The van der Waals surface area contributed by atoms with Crippen LogP contribution in [0.2, 0.25) is 0 Å². The first-order chi connectivity index (χ1) is 13.2. The van der Waals surface area contributed by atoms with E-state index in [9.17, 15) is 9.18 Å². The Morgan fingerprint density at radius 2 is 1.59 bits per heavy atom. The van der Waals surface area contributed by atoms with E-state index in [0.717, 1.165) is 16.6 Å². The number of ether oxygens (including phenoxy) is 1.